The van der Waals surface area contributed by atoms with Crippen molar-refractivity contribution in [2.75, 3.05) is 5.73 Å². The van der Waals surface area contributed by atoms with E-state index < -0.39 is 10.0 Å². The van der Waals surface area contributed by atoms with Crippen LogP contribution in [0.2, 0.25) is 0 Å². The molecule has 0 spiro atoms. The van der Waals surface area contributed by atoms with Gasteiger partial charge < -0.3 is 5.73 Å². The third-order valence-corrected chi connectivity index (χ3v) is 6.12. The molecule has 7 heteroatoms. The number of aromatic nitrogens is 2. The third kappa shape index (κ3) is 3.58. The second-order valence-corrected chi connectivity index (χ2v) is 7.70. The van der Waals surface area contributed by atoms with Crippen LogP contribution in [0.25, 0.3) is 0 Å². The normalized spacial score (nSPS) is 23.4. The number of hydrogen-bond acceptors (Lipinski definition) is 4. The van der Waals surface area contributed by atoms with Crippen LogP contribution in [0.1, 0.15) is 51.1 Å². The zero-order valence-electron chi connectivity index (χ0n) is 13.1. The number of hydrogen-bond donors (Lipinski definition) is 2. The van der Waals surface area contributed by atoms with Crippen LogP contribution >= 0.6 is 0 Å². The van der Waals surface area contributed by atoms with E-state index in [0.717, 1.165) is 31.6 Å². The molecule has 21 heavy (non-hydrogen) atoms. The lowest BCUT2D eigenvalue weighted by molar-refractivity contribution is 0.297. The Morgan fingerprint density at radius 3 is 2.43 bits per heavy atom. The van der Waals surface area contributed by atoms with E-state index in [9.17, 15) is 8.42 Å². The molecular weight excluding hydrogens is 288 g/mol. The summed E-state index contributed by atoms with van der Waals surface area (Å²) in [4.78, 5) is 0.126. The van der Waals surface area contributed by atoms with Crippen LogP contribution < -0.4 is 10.5 Å². The van der Waals surface area contributed by atoms with Gasteiger partial charge in [-0.2, -0.15) is 5.10 Å². The second-order valence-electron chi connectivity index (χ2n) is 6.05. The average Bonchev–Trinajstić information content (AvgIpc) is 2.66. The van der Waals surface area contributed by atoms with Gasteiger partial charge in [-0.1, -0.05) is 19.8 Å². The summed E-state index contributed by atoms with van der Waals surface area (Å²) >= 11 is 0. The fraction of sp³-hybridized carbons (Fsp3) is 0.786. The van der Waals surface area contributed by atoms with Crippen molar-refractivity contribution < 1.29 is 8.42 Å². The first kappa shape index (κ1) is 16.3. The Morgan fingerprint density at radius 2 is 1.95 bits per heavy atom. The topological polar surface area (TPSA) is 90.0 Å². The van der Waals surface area contributed by atoms with Gasteiger partial charge in [0.25, 0.3) is 0 Å². The Kier molecular flexibility index (Phi) is 4.93. The van der Waals surface area contributed by atoms with Crippen LogP contribution in [-0.2, 0) is 17.1 Å². The van der Waals surface area contributed by atoms with Gasteiger partial charge in [0.1, 0.15) is 4.90 Å². The van der Waals surface area contributed by atoms with Crippen LogP contribution in [0, 0.1) is 12.8 Å². The quantitative estimate of drug-likeness (QED) is 0.869. The Morgan fingerprint density at radius 1 is 1.33 bits per heavy atom. The van der Waals surface area contributed by atoms with Crippen LogP contribution in [0.3, 0.4) is 0 Å². The maximum atomic E-state index is 12.5. The number of aryl methyl sites for hydroxylation is 1. The van der Waals surface area contributed by atoms with Crippen molar-refractivity contribution in [1.29, 1.82) is 0 Å². The summed E-state index contributed by atoms with van der Waals surface area (Å²) in [5.41, 5.74) is 6.31. The SMILES string of the molecule is CCCC1CCC(NS(=O)(=O)c2c(N)nn(C)c2C)CC1. The molecule has 2 rings (SSSR count). The highest BCUT2D eigenvalue weighted by molar-refractivity contribution is 7.89. The average molecular weight is 314 g/mol. The summed E-state index contributed by atoms with van der Waals surface area (Å²) in [6.45, 7) is 3.92. The lowest BCUT2D eigenvalue weighted by atomic mass is 9.84. The van der Waals surface area contributed by atoms with Crippen molar-refractivity contribution in [3.8, 4) is 0 Å². The minimum atomic E-state index is -3.59. The summed E-state index contributed by atoms with van der Waals surface area (Å²) in [7, 11) is -1.89. The fourth-order valence-corrected chi connectivity index (χ4v) is 4.83. The number of sulfonamides is 1. The van der Waals surface area contributed by atoms with Crippen LogP contribution in [0.4, 0.5) is 5.82 Å². The van der Waals surface area contributed by atoms with E-state index in [1.54, 1.807) is 14.0 Å². The number of nitrogen functional groups attached to an aromatic ring is 1. The molecule has 6 nitrogen and oxygen atoms in total. The van der Waals surface area contributed by atoms with Gasteiger partial charge in [-0.15, -0.1) is 0 Å². The molecule has 0 aromatic carbocycles. The molecule has 1 aliphatic rings. The van der Waals surface area contributed by atoms with Crippen molar-refractivity contribution in [3.63, 3.8) is 0 Å². The summed E-state index contributed by atoms with van der Waals surface area (Å²) in [6, 6.07) is 0.0158. The molecule has 0 bridgehead atoms. The highest BCUT2D eigenvalue weighted by atomic mass is 32.2. The molecule has 1 saturated carbocycles. The smallest absolute Gasteiger partial charge is 0.246 e. The largest absolute Gasteiger partial charge is 0.381 e. The molecule has 0 saturated heterocycles. The van der Waals surface area contributed by atoms with Gasteiger partial charge >= 0.3 is 0 Å². The second kappa shape index (κ2) is 6.36. The van der Waals surface area contributed by atoms with Gasteiger partial charge in [-0.05, 0) is 38.5 Å². The van der Waals surface area contributed by atoms with E-state index in [2.05, 4.69) is 16.7 Å². The van der Waals surface area contributed by atoms with E-state index >= 15 is 0 Å². The fourth-order valence-electron chi connectivity index (χ4n) is 3.20. The van der Waals surface area contributed by atoms with Crippen molar-refractivity contribution in [3.05, 3.63) is 5.69 Å². The minimum absolute atomic E-state index is 0.0158. The summed E-state index contributed by atoms with van der Waals surface area (Å²) in [5, 5.41) is 3.98. The number of nitrogens with one attached hydrogen (secondary N) is 1. The first-order valence-corrected chi connectivity index (χ1v) is 9.14. The van der Waals surface area contributed by atoms with E-state index in [1.807, 2.05) is 0 Å². The molecule has 1 fully saturated rings. The van der Waals surface area contributed by atoms with E-state index in [1.165, 1.54) is 17.5 Å². The monoisotopic (exact) mass is 314 g/mol. The van der Waals surface area contributed by atoms with Gasteiger partial charge in [0.15, 0.2) is 5.82 Å². The van der Waals surface area contributed by atoms with Crippen molar-refractivity contribution in [2.24, 2.45) is 13.0 Å². The molecular formula is C14H26N4O2S. The first-order valence-electron chi connectivity index (χ1n) is 7.66. The van der Waals surface area contributed by atoms with E-state index in [0.29, 0.717) is 5.69 Å². The first-order chi connectivity index (χ1) is 9.85. The lowest BCUT2D eigenvalue weighted by Gasteiger charge is -2.28. The van der Waals surface area contributed by atoms with E-state index in [-0.39, 0.29) is 16.8 Å². The predicted octanol–water partition coefficient (Wildman–Crippen LogP) is 1.95. The number of nitrogens with two attached hydrogens (primary N) is 1. The molecule has 0 radical (unpaired) electrons. The Labute approximate surface area is 127 Å². The van der Waals surface area contributed by atoms with Gasteiger partial charge in [-0.3, -0.25) is 4.68 Å². The summed E-state index contributed by atoms with van der Waals surface area (Å²) in [6.07, 6.45) is 6.46. The molecule has 0 unspecified atom stereocenters. The Hall–Kier alpha value is -1.08. The van der Waals surface area contributed by atoms with Crippen LogP contribution in [0.5, 0.6) is 0 Å². The molecule has 1 aliphatic carbocycles. The Balaban J connectivity index is 2.06. The standard InChI is InChI=1S/C14H26N4O2S/c1-4-5-11-6-8-12(9-7-11)17-21(19,20)13-10(2)18(3)16-14(13)15/h11-12,17H,4-9H2,1-3H3,(H2,15,16). The van der Waals surface area contributed by atoms with Gasteiger partial charge in [0, 0.05) is 13.1 Å². The molecule has 1 aromatic rings. The summed E-state index contributed by atoms with van der Waals surface area (Å²) < 4.78 is 29.3. The highest BCUT2D eigenvalue weighted by Crippen LogP contribution is 2.29. The van der Waals surface area contributed by atoms with Gasteiger partial charge in [-0.25, -0.2) is 13.1 Å². The molecule has 120 valence electrons. The molecule has 0 aliphatic heterocycles. The van der Waals surface area contributed by atoms with Crippen LogP contribution in [0.15, 0.2) is 4.90 Å². The van der Waals surface area contributed by atoms with Gasteiger partial charge in [0.05, 0.1) is 5.69 Å². The zero-order valence-corrected chi connectivity index (χ0v) is 13.9. The Bertz CT molecular complexity index is 586. The zero-order chi connectivity index (χ0) is 15.6. The van der Waals surface area contributed by atoms with Crippen LogP contribution in [-0.4, -0.2) is 24.2 Å². The maximum Gasteiger partial charge on any atom is 0.246 e. The van der Waals surface area contributed by atoms with Crippen molar-refractivity contribution >= 4 is 15.8 Å². The number of nitrogens with zero attached hydrogens (tertiary/aromatic N) is 2. The minimum Gasteiger partial charge on any atom is -0.381 e. The predicted molar refractivity (Wildman–Crippen MR) is 83.3 cm³/mol. The molecule has 3 N–H and O–H groups in total. The number of rotatable bonds is 5. The van der Waals surface area contributed by atoms with Crippen molar-refractivity contribution in [1.82, 2.24) is 14.5 Å². The molecule has 1 heterocycles. The molecule has 1 aromatic heterocycles. The van der Waals surface area contributed by atoms with Gasteiger partial charge in [0.2, 0.25) is 10.0 Å². The highest BCUT2D eigenvalue weighted by Gasteiger charge is 2.29. The van der Waals surface area contributed by atoms with Crippen molar-refractivity contribution in [2.45, 2.75) is 63.3 Å². The lowest BCUT2D eigenvalue weighted by Crippen LogP contribution is -2.38. The molecule has 0 atom stereocenters. The maximum absolute atomic E-state index is 12.5. The number of anilines is 1. The summed E-state index contributed by atoms with van der Waals surface area (Å²) in [5.74, 6) is 0.822. The third-order valence-electron chi connectivity index (χ3n) is 4.44. The molecule has 0 amide bonds. The van der Waals surface area contributed by atoms with E-state index in [4.69, 9.17) is 5.73 Å².